The highest BCUT2D eigenvalue weighted by Gasteiger charge is 2.17. The van der Waals surface area contributed by atoms with Crippen LogP contribution in [0.4, 0.5) is 0 Å². The molecule has 0 amide bonds. The molecule has 7 heteroatoms. The number of hydrogen-bond donors (Lipinski definition) is 3. The second-order valence-corrected chi connectivity index (χ2v) is 9.05. The molecule has 3 aromatic carbocycles. The van der Waals surface area contributed by atoms with Crippen LogP contribution in [0.15, 0.2) is 82.6 Å². The molecule has 0 aliphatic carbocycles. The van der Waals surface area contributed by atoms with E-state index in [-0.39, 0.29) is 15.5 Å². The lowest BCUT2D eigenvalue weighted by atomic mass is 10.1. The van der Waals surface area contributed by atoms with Crippen molar-refractivity contribution < 1.29 is 18.6 Å². The zero-order chi connectivity index (χ0) is 20.9. The van der Waals surface area contributed by atoms with E-state index in [1.165, 1.54) is 24.3 Å². The van der Waals surface area contributed by atoms with Gasteiger partial charge in [0.2, 0.25) is 9.84 Å². The van der Waals surface area contributed by atoms with Gasteiger partial charge in [0.25, 0.3) is 0 Å². The third-order valence-corrected chi connectivity index (χ3v) is 6.56. The number of phenolic OH excluding ortho intramolecular Hbond substituents is 1. The van der Waals surface area contributed by atoms with Crippen LogP contribution in [0.2, 0.25) is 5.02 Å². The molecule has 0 spiro atoms. The lowest BCUT2D eigenvalue weighted by Gasteiger charge is -2.12. The van der Waals surface area contributed by atoms with Crippen LogP contribution in [0, 0.1) is 0 Å². The van der Waals surface area contributed by atoms with Gasteiger partial charge in [0, 0.05) is 11.6 Å². The highest BCUT2D eigenvalue weighted by atomic mass is 35.5. The zero-order valence-corrected chi connectivity index (χ0v) is 17.2. The van der Waals surface area contributed by atoms with Gasteiger partial charge in [-0.1, -0.05) is 35.9 Å². The van der Waals surface area contributed by atoms with Crippen LogP contribution in [0.5, 0.6) is 5.75 Å². The molecule has 0 fully saturated rings. The van der Waals surface area contributed by atoms with Gasteiger partial charge >= 0.3 is 0 Å². The first-order valence-corrected chi connectivity index (χ1v) is 11.0. The van der Waals surface area contributed by atoms with E-state index in [1.54, 1.807) is 42.5 Å². The Labute approximate surface area is 175 Å². The van der Waals surface area contributed by atoms with Crippen molar-refractivity contribution in [3.8, 4) is 5.75 Å². The minimum atomic E-state index is -3.61. The van der Waals surface area contributed by atoms with Gasteiger partial charge in [0.15, 0.2) is 0 Å². The molecule has 1 atom stereocenters. The van der Waals surface area contributed by atoms with Gasteiger partial charge in [-0.15, -0.1) is 0 Å². The molecule has 29 heavy (non-hydrogen) atoms. The summed E-state index contributed by atoms with van der Waals surface area (Å²) in [7, 11) is -3.61. The van der Waals surface area contributed by atoms with E-state index in [1.807, 2.05) is 6.07 Å². The van der Waals surface area contributed by atoms with Gasteiger partial charge in [-0.2, -0.15) is 0 Å². The topological polar surface area (TPSA) is 86.6 Å². The van der Waals surface area contributed by atoms with Crippen molar-refractivity contribution >= 4 is 21.4 Å². The fourth-order valence-electron chi connectivity index (χ4n) is 2.90. The van der Waals surface area contributed by atoms with Crippen molar-refractivity contribution in [2.24, 2.45) is 0 Å². The highest BCUT2D eigenvalue weighted by molar-refractivity contribution is 7.91. The summed E-state index contributed by atoms with van der Waals surface area (Å²) < 4.78 is 25.2. The lowest BCUT2D eigenvalue weighted by Crippen LogP contribution is -2.23. The monoisotopic (exact) mass is 431 g/mol. The number of phenols is 1. The van der Waals surface area contributed by atoms with Gasteiger partial charge in [0.05, 0.1) is 15.9 Å². The van der Waals surface area contributed by atoms with Crippen LogP contribution in [0.25, 0.3) is 0 Å². The van der Waals surface area contributed by atoms with Gasteiger partial charge in [-0.05, 0) is 72.6 Å². The number of halogens is 1. The Morgan fingerprint density at radius 3 is 2.17 bits per heavy atom. The maximum Gasteiger partial charge on any atom is 0.206 e. The van der Waals surface area contributed by atoms with Crippen LogP contribution in [0.1, 0.15) is 17.2 Å². The Bertz CT molecular complexity index is 1050. The van der Waals surface area contributed by atoms with Crippen LogP contribution in [-0.2, 0) is 16.3 Å². The first kappa shape index (κ1) is 21.3. The Morgan fingerprint density at radius 2 is 1.55 bits per heavy atom. The summed E-state index contributed by atoms with van der Waals surface area (Å²) >= 11 is 5.94. The largest absolute Gasteiger partial charge is 0.508 e. The fraction of sp³-hybridized carbons (Fsp3) is 0.182. The molecule has 3 N–H and O–H groups in total. The summed E-state index contributed by atoms with van der Waals surface area (Å²) in [6.07, 6.45) is 0.0495. The number of benzene rings is 3. The Morgan fingerprint density at radius 1 is 0.931 bits per heavy atom. The van der Waals surface area contributed by atoms with Gasteiger partial charge in [-0.3, -0.25) is 0 Å². The summed E-state index contributed by atoms with van der Waals surface area (Å²) in [4.78, 5) is 0.344. The number of aliphatic hydroxyl groups excluding tert-OH is 1. The average molecular weight is 432 g/mol. The fourth-order valence-corrected chi connectivity index (χ4v) is 4.36. The normalized spacial score (nSPS) is 12.6. The molecule has 0 heterocycles. The Hall–Kier alpha value is -2.38. The van der Waals surface area contributed by atoms with Gasteiger partial charge in [-0.25, -0.2) is 8.42 Å². The maximum absolute atomic E-state index is 12.6. The van der Waals surface area contributed by atoms with E-state index < -0.39 is 15.9 Å². The summed E-state index contributed by atoms with van der Waals surface area (Å²) in [5, 5.41) is 23.3. The molecule has 0 bridgehead atoms. The SMILES string of the molecule is O=S(=O)(c1ccc(O)cc1)c1ccc(CCNC[C@@H](O)c2cccc(Cl)c2)cc1. The molecule has 0 aliphatic rings. The van der Waals surface area contributed by atoms with Crippen LogP contribution in [-0.4, -0.2) is 31.7 Å². The van der Waals surface area contributed by atoms with Crippen molar-refractivity contribution in [3.05, 3.63) is 88.9 Å². The quantitative estimate of drug-likeness (QED) is 0.473. The molecule has 0 saturated heterocycles. The summed E-state index contributed by atoms with van der Waals surface area (Å²) in [6.45, 7) is 1.04. The smallest absolute Gasteiger partial charge is 0.206 e. The van der Waals surface area contributed by atoms with Crippen LogP contribution < -0.4 is 5.32 Å². The molecule has 0 aromatic heterocycles. The predicted molar refractivity (Wildman–Crippen MR) is 113 cm³/mol. The number of hydrogen-bond acceptors (Lipinski definition) is 5. The Balaban J connectivity index is 1.53. The van der Waals surface area contributed by atoms with Crippen molar-refractivity contribution in [3.63, 3.8) is 0 Å². The van der Waals surface area contributed by atoms with Gasteiger partial charge < -0.3 is 15.5 Å². The number of sulfone groups is 1. The van der Waals surface area contributed by atoms with E-state index in [0.717, 1.165) is 11.1 Å². The number of aromatic hydroxyl groups is 1. The third kappa shape index (κ3) is 5.58. The van der Waals surface area contributed by atoms with E-state index in [2.05, 4.69) is 5.32 Å². The van der Waals surface area contributed by atoms with Crippen molar-refractivity contribution in [1.82, 2.24) is 5.32 Å². The molecule has 3 rings (SSSR count). The molecule has 0 aliphatic heterocycles. The van der Waals surface area contributed by atoms with Crippen molar-refractivity contribution in [1.29, 1.82) is 0 Å². The number of aliphatic hydroxyl groups is 1. The van der Waals surface area contributed by atoms with Crippen LogP contribution >= 0.6 is 11.6 Å². The zero-order valence-electron chi connectivity index (χ0n) is 15.6. The molecule has 152 valence electrons. The number of rotatable bonds is 8. The molecule has 3 aromatic rings. The first-order chi connectivity index (χ1) is 13.9. The third-order valence-electron chi connectivity index (χ3n) is 4.54. The molecule has 0 saturated carbocycles. The minimum absolute atomic E-state index is 0.0206. The second kappa shape index (κ2) is 9.41. The Kier molecular flexibility index (Phi) is 6.92. The summed E-state index contributed by atoms with van der Waals surface area (Å²) in [6, 6.07) is 19.3. The molecular formula is C22H22ClNO4S. The van der Waals surface area contributed by atoms with E-state index in [9.17, 15) is 18.6 Å². The molecule has 5 nitrogen and oxygen atoms in total. The van der Waals surface area contributed by atoms with Gasteiger partial charge in [0.1, 0.15) is 5.75 Å². The van der Waals surface area contributed by atoms with E-state index in [4.69, 9.17) is 11.6 Å². The number of nitrogens with one attached hydrogen (secondary N) is 1. The predicted octanol–water partition coefficient (Wildman–Crippen LogP) is 3.74. The highest BCUT2D eigenvalue weighted by Crippen LogP contribution is 2.23. The van der Waals surface area contributed by atoms with E-state index in [0.29, 0.717) is 24.5 Å². The minimum Gasteiger partial charge on any atom is -0.508 e. The summed E-state index contributed by atoms with van der Waals surface area (Å²) in [5.74, 6) is 0.0206. The maximum atomic E-state index is 12.6. The summed E-state index contributed by atoms with van der Waals surface area (Å²) in [5.41, 5.74) is 1.74. The average Bonchev–Trinajstić information content (AvgIpc) is 2.72. The lowest BCUT2D eigenvalue weighted by molar-refractivity contribution is 0.175. The van der Waals surface area contributed by atoms with Crippen LogP contribution in [0.3, 0.4) is 0 Å². The van der Waals surface area contributed by atoms with E-state index >= 15 is 0 Å². The van der Waals surface area contributed by atoms with Crippen molar-refractivity contribution in [2.45, 2.75) is 22.3 Å². The molecular weight excluding hydrogens is 410 g/mol. The second-order valence-electron chi connectivity index (χ2n) is 6.67. The molecule has 0 radical (unpaired) electrons. The standard InChI is InChI=1S/C22H22ClNO4S/c23-18-3-1-2-17(14-18)22(26)15-24-13-12-16-4-8-20(9-5-16)29(27,28)21-10-6-19(25)7-11-21/h1-11,14,22,24-26H,12-13,15H2/t22-/m1/s1. The first-order valence-electron chi connectivity index (χ1n) is 9.13. The van der Waals surface area contributed by atoms with Crippen molar-refractivity contribution in [2.75, 3.05) is 13.1 Å². The molecule has 0 unspecified atom stereocenters.